The molecule has 5 aliphatic carbocycles. The number of carbonyl (C=O) groups is 2. The molecule has 0 radical (unpaired) electrons. The van der Waals surface area contributed by atoms with E-state index in [0.29, 0.717) is 53.6 Å². The number of amides is 2. The minimum Gasteiger partial charge on any atom is -0.481 e. The van der Waals surface area contributed by atoms with Crippen molar-refractivity contribution >= 4 is 12.0 Å². The van der Waals surface area contributed by atoms with Crippen LogP contribution in [0.25, 0.3) is 0 Å². The predicted molar refractivity (Wildman–Crippen MR) is 174 cm³/mol. The average Bonchev–Trinajstić information content (AvgIpc) is 3.46. The molecular formula is C38H62N2O5. The lowest BCUT2D eigenvalue weighted by Gasteiger charge is -2.61. The summed E-state index contributed by atoms with van der Waals surface area (Å²) in [4.78, 5) is 26.9. The first-order valence-electron chi connectivity index (χ1n) is 19.1. The summed E-state index contributed by atoms with van der Waals surface area (Å²) in [5, 5.41) is 12.7. The van der Waals surface area contributed by atoms with Crippen molar-refractivity contribution < 1.29 is 24.2 Å². The molecule has 1 spiro atoms. The molecule has 12 atom stereocenters. The third kappa shape index (κ3) is 5.56. The van der Waals surface area contributed by atoms with Crippen molar-refractivity contribution in [1.82, 2.24) is 10.2 Å². The summed E-state index contributed by atoms with van der Waals surface area (Å²) in [6.07, 6.45) is 18.9. The molecular weight excluding hydrogens is 564 g/mol. The van der Waals surface area contributed by atoms with Gasteiger partial charge in [-0.25, -0.2) is 4.79 Å². The summed E-state index contributed by atoms with van der Waals surface area (Å²) in [7, 11) is 0. The number of ether oxygens (including phenoxy) is 2. The second-order valence-corrected chi connectivity index (χ2v) is 17.6. The highest BCUT2D eigenvalue weighted by molar-refractivity contribution is 5.75. The van der Waals surface area contributed by atoms with Crippen molar-refractivity contribution in [2.75, 3.05) is 13.2 Å². The van der Waals surface area contributed by atoms with E-state index >= 15 is 0 Å². The maximum absolute atomic E-state index is 13.7. The highest BCUT2D eigenvalue weighted by atomic mass is 16.7. The molecule has 2 N–H and O–H groups in total. The molecule has 7 nitrogen and oxygen atoms in total. The second kappa shape index (κ2) is 12.3. The first kappa shape index (κ1) is 32.2. The monoisotopic (exact) mass is 626 g/mol. The van der Waals surface area contributed by atoms with Crippen LogP contribution < -0.4 is 5.32 Å². The quantitative estimate of drug-likeness (QED) is 0.312. The number of urea groups is 1. The smallest absolute Gasteiger partial charge is 0.317 e. The van der Waals surface area contributed by atoms with Gasteiger partial charge in [0.15, 0.2) is 5.79 Å². The van der Waals surface area contributed by atoms with Crippen LogP contribution in [0.1, 0.15) is 137 Å². The lowest BCUT2D eigenvalue weighted by Crippen LogP contribution is -2.57. The number of hydrogen-bond donors (Lipinski definition) is 2. The van der Waals surface area contributed by atoms with Gasteiger partial charge in [0.05, 0.1) is 12.7 Å². The molecule has 7 fully saturated rings. The first-order chi connectivity index (χ1) is 21.5. The summed E-state index contributed by atoms with van der Waals surface area (Å²) in [6.45, 7) is 11.4. The van der Waals surface area contributed by atoms with E-state index < -0.39 is 5.97 Å². The maximum Gasteiger partial charge on any atom is 0.317 e. The average molecular weight is 627 g/mol. The molecule has 2 heterocycles. The molecule has 2 amide bonds. The molecule has 5 saturated carbocycles. The topological polar surface area (TPSA) is 88.1 Å². The van der Waals surface area contributed by atoms with E-state index in [4.69, 9.17) is 9.47 Å². The van der Waals surface area contributed by atoms with Gasteiger partial charge in [0.1, 0.15) is 0 Å². The molecule has 0 aromatic heterocycles. The van der Waals surface area contributed by atoms with E-state index in [-0.39, 0.29) is 30.3 Å². The normalized spacial score (nSPS) is 47.8. The first-order valence-corrected chi connectivity index (χ1v) is 19.1. The van der Waals surface area contributed by atoms with Crippen LogP contribution in [0.4, 0.5) is 4.79 Å². The number of carboxylic acids is 1. The molecule has 0 bridgehead atoms. The van der Waals surface area contributed by atoms with Gasteiger partial charge in [-0.05, 0) is 123 Å². The Balaban J connectivity index is 0.993. The SMILES string of the molecule is C[C@H]1CC[C@@]2(OC1)O[C@H]1C[C@H]3[C@@H]4CC[C@@H]5C[C@H](NC(=O)N(CCCC(=O)O)C6CCCCC6)CC[C@]5(C)C4CC[C@]3(C)[C@H]1[C@@H]2C. The zero-order valence-electron chi connectivity index (χ0n) is 28.7. The fourth-order valence-corrected chi connectivity index (χ4v) is 12.9. The van der Waals surface area contributed by atoms with Crippen LogP contribution in [0.15, 0.2) is 0 Å². The van der Waals surface area contributed by atoms with Gasteiger partial charge in [0.2, 0.25) is 0 Å². The molecule has 7 heteroatoms. The van der Waals surface area contributed by atoms with Crippen LogP contribution in [0.2, 0.25) is 0 Å². The Morgan fingerprint density at radius 2 is 1.67 bits per heavy atom. The van der Waals surface area contributed by atoms with Crippen molar-refractivity contribution in [2.45, 2.75) is 161 Å². The van der Waals surface area contributed by atoms with Crippen LogP contribution >= 0.6 is 0 Å². The van der Waals surface area contributed by atoms with Crippen LogP contribution in [0.3, 0.4) is 0 Å². The van der Waals surface area contributed by atoms with Gasteiger partial charge in [-0.3, -0.25) is 4.79 Å². The lowest BCUT2D eigenvalue weighted by molar-refractivity contribution is -0.273. The maximum atomic E-state index is 13.7. The highest BCUT2D eigenvalue weighted by Gasteiger charge is 2.69. The molecule has 0 aromatic rings. The number of nitrogens with one attached hydrogen (secondary N) is 1. The lowest BCUT2D eigenvalue weighted by atomic mass is 9.44. The molecule has 2 saturated heterocycles. The van der Waals surface area contributed by atoms with E-state index in [2.05, 4.69) is 33.0 Å². The van der Waals surface area contributed by atoms with Gasteiger partial charge in [-0.1, -0.05) is 47.0 Å². The van der Waals surface area contributed by atoms with Gasteiger partial charge in [-0.15, -0.1) is 0 Å². The highest BCUT2D eigenvalue weighted by Crippen LogP contribution is 2.71. The Kier molecular flexibility index (Phi) is 8.79. The molecule has 1 unspecified atom stereocenters. The second-order valence-electron chi connectivity index (χ2n) is 17.6. The Morgan fingerprint density at radius 1 is 0.889 bits per heavy atom. The van der Waals surface area contributed by atoms with Gasteiger partial charge in [0, 0.05) is 37.4 Å². The predicted octanol–water partition coefficient (Wildman–Crippen LogP) is 8.01. The van der Waals surface area contributed by atoms with E-state index in [9.17, 15) is 14.7 Å². The van der Waals surface area contributed by atoms with E-state index in [1.54, 1.807) is 0 Å². The molecule has 0 aromatic carbocycles. The minimum absolute atomic E-state index is 0.0591. The minimum atomic E-state index is -0.774. The standard InChI is InChI=1S/C38H62N2O5/c1-24-14-19-38(44-23-24)25(2)34-32(45-38)22-31-29-13-12-26-21-27(15-17-36(26,3)30(29)16-18-37(31,34)4)39-35(43)40(20-8-11-33(41)42)28-9-6-5-7-10-28/h24-32,34H,5-23H2,1-4H3,(H,39,43)(H,41,42)/t24-,25-,26+,27+,29+,30?,31-,32-,34-,36-,37-,38+/m0/s1. The summed E-state index contributed by atoms with van der Waals surface area (Å²) in [5.41, 5.74) is 0.725. The summed E-state index contributed by atoms with van der Waals surface area (Å²) >= 11 is 0. The Morgan fingerprint density at radius 3 is 2.40 bits per heavy atom. The van der Waals surface area contributed by atoms with Crippen molar-refractivity contribution in [3.8, 4) is 0 Å². The Bertz CT molecular complexity index is 1100. The van der Waals surface area contributed by atoms with Crippen molar-refractivity contribution in [1.29, 1.82) is 0 Å². The third-order valence-electron chi connectivity index (χ3n) is 15.3. The third-order valence-corrected chi connectivity index (χ3v) is 15.3. The van der Waals surface area contributed by atoms with Gasteiger partial charge >= 0.3 is 12.0 Å². The van der Waals surface area contributed by atoms with Crippen molar-refractivity contribution in [3.05, 3.63) is 0 Å². The van der Waals surface area contributed by atoms with Crippen LogP contribution in [-0.4, -0.2) is 59.1 Å². The van der Waals surface area contributed by atoms with Gasteiger partial charge in [-0.2, -0.15) is 0 Å². The molecule has 45 heavy (non-hydrogen) atoms. The number of carboxylic acid groups (broad SMARTS) is 1. The zero-order valence-corrected chi connectivity index (χ0v) is 28.7. The fourth-order valence-electron chi connectivity index (χ4n) is 12.9. The van der Waals surface area contributed by atoms with Gasteiger partial charge in [0.25, 0.3) is 0 Å². The number of hydrogen-bond acceptors (Lipinski definition) is 4. The van der Waals surface area contributed by atoms with Crippen molar-refractivity contribution in [2.24, 2.45) is 52.3 Å². The van der Waals surface area contributed by atoms with E-state index in [1.165, 1.54) is 64.2 Å². The number of rotatable bonds is 6. The molecule has 2 aliphatic heterocycles. The van der Waals surface area contributed by atoms with Crippen molar-refractivity contribution in [3.63, 3.8) is 0 Å². The molecule has 7 rings (SSSR count). The number of nitrogens with zero attached hydrogens (tertiary/aromatic N) is 1. The van der Waals surface area contributed by atoms with Crippen LogP contribution in [0, 0.1) is 52.3 Å². The largest absolute Gasteiger partial charge is 0.481 e. The van der Waals surface area contributed by atoms with E-state index in [1.807, 2.05) is 4.90 Å². The summed E-state index contributed by atoms with van der Waals surface area (Å²) in [5.74, 6) is 3.66. The van der Waals surface area contributed by atoms with Crippen LogP contribution in [0.5, 0.6) is 0 Å². The fraction of sp³-hybridized carbons (Fsp3) is 0.947. The Hall–Kier alpha value is -1.34. The van der Waals surface area contributed by atoms with E-state index in [0.717, 1.165) is 56.5 Å². The number of carbonyl (C=O) groups excluding carboxylic acids is 1. The number of fused-ring (bicyclic) bond motifs is 7. The summed E-state index contributed by atoms with van der Waals surface area (Å²) in [6, 6.07) is 0.555. The summed E-state index contributed by atoms with van der Waals surface area (Å²) < 4.78 is 13.5. The molecule has 254 valence electrons. The molecule has 7 aliphatic rings. The van der Waals surface area contributed by atoms with Crippen LogP contribution in [-0.2, 0) is 14.3 Å². The number of aliphatic carboxylic acids is 1. The van der Waals surface area contributed by atoms with Gasteiger partial charge < -0.3 is 24.8 Å². The zero-order chi connectivity index (χ0) is 31.6. The Labute approximate surface area is 272 Å².